The average molecular weight is 311 g/mol. The molecule has 20 heavy (non-hydrogen) atoms. The number of nitrogens with zero attached hydrogens (tertiary/aromatic N) is 1. The van der Waals surface area contributed by atoms with E-state index in [1.807, 2.05) is 5.38 Å². The van der Waals surface area contributed by atoms with Gasteiger partial charge in [0.25, 0.3) is 0 Å². The van der Waals surface area contributed by atoms with Crippen LogP contribution in [0.25, 0.3) is 0 Å². The van der Waals surface area contributed by atoms with Crippen molar-refractivity contribution in [2.75, 3.05) is 16.8 Å². The summed E-state index contributed by atoms with van der Waals surface area (Å²) in [6, 6.07) is 7.69. The van der Waals surface area contributed by atoms with E-state index < -0.39 is 18.5 Å². The minimum atomic E-state index is -1.11. The number of carboxylic acid groups (broad SMARTS) is 1. The second-order valence-corrected chi connectivity index (χ2v) is 5.12. The normalized spacial score (nSPS) is 10.1. The zero-order valence-corrected chi connectivity index (χ0v) is 11.8. The van der Waals surface area contributed by atoms with Crippen LogP contribution in [0.3, 0.4) is 0 Å². The molecule has 0 radical (unpaired) electrons. The van der Waals surface area contributed by atoms with E-state index in [0.717, 1.165) is 4.90 Å². The molecule has 1 aromatic carbocycles. The lowest BCUT2D eigenvalue weighted by Gasteiger charge is -2.21. The van der Waals surface area contributed by atoms with Gasteiger partial charge in [-0.1, -0.05) is 17.7 Å². The first-order valence-electron chi connectivity index (χ1n) is 5.64. The van der Waals surface area contributed by atoms with Crippen LogP contribution in [0.5, 0.6) is 0 Å². The Morgan fingerprint density at radius 2 is 2.15 bits per heavy atom. The van der Waals surface area contributed by atoms with Gasteiger partial charge in [0.05, 0.1) is 5.69 Å². The van der Waals surface area contributed by atoms with E-state index in [1.165, 1.54) is 17.4 Å². The van der Waals surface area contributed by atoms with Crippen molar-refractivity contribution in [1.29, 1.82) is 0 Å². The van der Waals surface area contributed by atoms with Crippen LogP contribution in [0.2, 0.25) is 5.02 Å². The van der Waals surface area contributed by atoms with Gasteiger partial charge in [-0.05, 0) is 29.6 Å². The van der Waals surface area contributed by atoms with Crippen LogP contribution in [-0.4, -0.2) is 23.7 Å². The third-order valence-electron chi connectivity index (χ3n) is 2.43. The molecular weight excluding hydrogens is 300 g/mol. The Balaban J connectivity index is 2.22. The highest BCUT2D eigenvalue weighted by atomic mass is 35.5. The lowest BCUT2D eigenvalue weighted by atomic mass is 10.3. The zero-order chi connectivity index (χ0) is 14.5. The van der Waals surface area contributed by atoms with Crippen LogP contribution >= 0.6 is 22.9 Å². The number of amides is 2. The number of carbonyl (C=O) groups is 2. The molecule has 0 fully saturated rings. The van der Waals surface area contributed by atoms with Gasteiger partial charge in [-0.25, -0.2) is 4.79 Å². The van der Waals surface area contributed by atoms with Crippen LogP contribution in [-0.2, 0) is 4.79 Å². The van der Waals surface area contributed by atoms with E-state index in [2.05, 4.69) is 5.32 Å². The Hall–Kier alpha value is -2.05. The summed E-state index contributed by atoms with van der Waals surface area (Å²) in [5, 5.41) is 15.6. The topological polar surface area (TPSA) is 69.6 Å². The number of nitrogens with one attached hydrogen (secondary N) is 1. The van der Waals surface area contributed by atoms with Crippen LogP contribution in [0, 0.1) is 0 Å². The summed E-state index contributed by atoms with van der Waals surface area (Å²) < 4.78 is 0. The van der Waals surface area contributed by atoms with Gasteiger partial charge >= 0.3 is 12.0 Å². The molecule has 2 amide bonds. The largest absolute Gasteiger partial charge is 0.480 e. The van der Waals surface area contributed by atoms with Gasteiger partial charge in [-0.2, -0.15) is 11.3 Å². The highest BCUT2D eigenvalue weighted by molar-refractivity contribution is 7.08. The fourth-order valence-corrected chi connectivity index (χ4v) is 2.36. The number of thiophene rings is 1. The Morgan fingerprint density at radius 1 is 1.35 bits per heavy atom. The monoisotopic (exact) mass is 310 g/mol. The van der Waals surface area contributed by atoms with Crippen molar-refractivity contribution in [2.45, 2.75) is 0 Å². The number of anilines is 2. The summed E-state index contributed by atoms with van der Waals surface area (Å²) in [7, 11) is 0. The Morgan fingerprint density at radius 3 is 2.75 bits per heavy atom. The van der Waals surface area contributed by atoms with Gasteiger partial charge in [0.1, 0.15) is 6.54 Å². The summed E-state index contributed by atoms with van der Waals surface area (Å²) in [6.45, 7) is -0.448. The second-order valence-electron chi connectivity index (χ2n) is 3.90. The molecule has 0 unspecified atom stereocenters. The minimum absolute atomic E-state index is 0.424. The number of aliphatic carboxylic acids is 1. The number of rotatable bonds is 4. The molecule has 2 aromatic rings. The van der Waals surface area contributed by atoms with Crippen molar-refractivity contribution < 1.29 is 14.7 Å². The van der Waals surface area contributed by atoms with Gasteiger partial charge < -0.3 is 10.4 Å². The maximum atomic E-state index is 12.2. The molecule has 2 N–H and O–H groups in total. The summed E-state index contributed by atoms with van der Waals surface area (Å²) >= 11 is 7.30. The van der Waals surface area contributed by atoms with Crippen molar-refractivity contribution in [1.82, 2.24) is 0 Å². The van der Waals surface area contributed by atoms with Gasteiger partial charge in [-0.3, -0.25) is 9.69 Å². The molecule has 1 heterocycles. The first-order valence-corrected chi connectivity index (χ1v) is 6.96. The van der Waals surface area contributed by atoms with E-state index >= 15 is 0 Å². The van der Waals surface area contributed by atoms with Gasteiger partial charge in [-0.15, -0.1) is 0 Å². The molecule has 104 valence electrons. The van der Waals surface area contributed by atoms with Crippen molar-refractivity contribution in [3.8, 4) is 0 Å². The van der Waals surface area contributed by atoms with Gasteiger partial charge in [0, 0.05) is 16.1 Å². The molecule has 0 saturated heterocycles. The van der Waals surface area contributed by atoms with Crippen molar-refractivity contribution in [3.63, 3.8) is 0 Å². The van der Waals surface area contributed by atoms with Crippen molar-refractivity contribution in [2.24, 2.45) is 0 Å². The molecule has 0 spiro atoms. The molecule has 0 aliphatic heterocycles. The van der Waals surface area contributed by atoms with Crippen LogP contribution in [0.15, 0.2) is 41.1 Å². The Kier molecular flexibility index (Phi) is 4.60. The standard InChI is InChI=1S/C13H11ClN2O3S/c14-9-2-1-3-11(6-9)16(7-12(17)18)13(19)15-10-4-5-20-8-10/h1-6,8H,7H2,(H,15,19)(H,17,18). The Bertz CT molecular complexity index is 616. The number of hydrogen-bond acceptors (Lipinski definition) is 3. The molecule has 0 saturated carbocycles. The lowest BCUT2D eigenvalue weighted by molar-refractivity contribution is -0.135. The molecule has 0 bridgehead atoms. The molecule has 0 aliphatic carbocycles. The highest BCUT2D eigenvalue weighted by Gasteiger charge is 2.19. The predicted octanol–water partition coefficient (Wildman–Crippen LogP) is 3.52. The number of urea groups is 1. The number of carbonyl (C=O) groups excluding carboxylic acids is 1. The number of halogens is 1. The minimum Gasteiger partial charge on any atom is -0.480 e. The van der Waals surface area contributed by atoms with Gasteiger partial charge in [0.15, 0.2) is 0 Å². The van der Waals surface area contributed by atoms with Crippen LogP contribution in [0.4, 0.5) is 16.2 Å². The lowest BCUT2D eigenvalue weighted by Crippen LogP contribution is -2.38. The van der Waals surface area contributed by atoms with E-state index in [9.17, 15) is 9.59 Å². The van der Waals surface area contributed by atoms with E-state index in [-0.39, 0.29) is 0 Å². The third kappa shape index (κ3) is 3.72. The molecule has 2 rings (SSSR count). The van der Waals surface area contributed by atoms with Crippen molar-refractivity contribution in [3.05, 3.63) is 46.1 Å². The molecule has 5 nitrogen and oxygen atoms in total. The Labute approximate surface area is 124 Å². The molecular formula is C13H11ClN2O3S. The summed E-state index contributed by atoms with van der Waals surface area (Å²) in [5.41, 5.74) is 1.05. The number of carboxylic acids is 1. The summed E-state index contributed by atoms with van der Waals surface area (Å²) in [6.07, 6.45) is 0. The molecule has 7 heteroatoms. The SMILES string of the molecule is O=C(O)CN(C(=O)Nc1ccsc1)c1cccc(Cl)c1. The third-order valence-corrected chi connectivity index (χ3v) is 3.35. The van der Waals surface area contributed by atoms with Crippen molar-refractivity contribution >= 4 is 46.3 Å². The summed E-state index contributed by atoms with van der Waals surface area (Å²) in [5.74, 6) is -1.11. The summed E-state index contributed by atoms with van der Waals surface area (Å²) in [4.78, 5) is 24.2. The fourth-order valence-electron chi connectivity index (χ4n) is 1.59. The number of benzene rings is 1. The first-order chi connectivity index (χ1) is 9.56. The van der Waals surface area contributed by atoms with Gasteiger partial charge in [0.2, 0.25) is 0 Å². The first kappa shape index (κ1) is 14.4. The zero-order valence-electron chi connectivity index (χ0n) is 10.2. The smallest absolute Gasteiger partial charge is 0.326 e. The number of hydrogen-bond donors (Lipinski definition) is 2. The maximum absolute atomic E-state index is 12.2. The van der Waals surface area contributed by atoms with E-state index in [1.54, 1.807) is 29.6 Å². The highest BCUT2D eigenvalue weighted by Crippen LogP contribution is 2.21. The molecule has 0 aliphatic rings. The van der Waals surface area contributed by atoms with Crippen LogP contribution < -0.4 is 10.2 Å². The van der Waals surface area contributed by atoms with Crippen LogP contribution in [0.1, 0.15) is 0 Å². The average Bonchev–Trinajstić information content (AvgIpc) is 2.88. The molecule has 0 atom stereocenters. The molecule has 1 aromatic heterocycles. The van der Waals surface area contributed by atoms with E-state index in [0.29, 0.717) is 16.4 Å². The van der Waals surface area contributed by atoms with E-state index in [4.69, 9.17) is 16.7 Å². The quantitative estimate of drug-likeness (QED) is 0.907. The predicted molar refractivity (Wildman–Crippen MR) is 79.8 cm³/mol. The second kappa shape index (κ2) is 6.40. The maximum Gasteiger partial charge on any atom is 0.326 e. The fraction of sp³-hybridized carbons (Fsp3) is 0.0769.